The molecule has 1 aliphatic heterocycles. The van der Waals surface area contributed by atoms with Crippen LogP contribution in [-0.4, -0.2) is 35.1 Å². The molecular weight excluding hydrogens is 202 g/mol. The molecule has 2 aliphatic rings. The van der Waals surface area contributed by atoms with Gasteiger partial charge in [0.15, 0.2) is 0 Å². The molecule has 0 N–H and O–H groups in total. The predicted molar refractivity (Wildman–Crippen MR) is 62.2 cm³/mol. The highest BCUT2D eigenvalue weighted by Gasteiger charge is 2.48. The molecule has 90 valence electrons. The number of carbonyl (C=O) groups is 2. The molecule has 3 heteroatoms. The minimum absolute atomic E-state index is 0.147. The summed E-state index contributed by atoms with van der Waals surface area (Å²) < 4.78 is 0. The van der Waals surface area contributed by atoms with Gasteiger partial charge in [-0.05, 0) is 46.7 Å². The van der Waals surface area contributed by atoms with E-state index in [2.05, 4.69) is 25.7 Å². The van der Waals surface area contributed by atoms with Gasteiger partial charge in [0.05, 0.1) is 6.42 Å². The minimum Gasteiger partial charge on any atom is -0.299 e. The van der Waals surface area contributed by atoms with Gasteiger partial charge in [-0.25, -0.2) is 0 Å². The van der Waals surface area contributed by atoms with Crippen LogP contribution in [0, 0.1) is 5.41 Å². The lowest BCUT2D eigenvalue weighted by atomic mass is 9.75. The molecule has 1 aliphatic carbocycles. The number of likely N-dealkylation sites (tertiary alicyclic amines) is 1. The Morgan fingerprint density at radius 1 is 1.12 bits per heavy atom. The minimum atomic E-state index is -0.279. The molecule has 0 amide bonds. The van der Waals surface area contributed by atoms with Gasteiger partial charge >= 0.3 is 0 Å². The van der Waals surface area contributed by atoms with E-state index in [-0.39, 0.29) is 28.9 Å². The van der Waals surface area contributed by atoms with Crippen LogP contribution < -0.4 is 0 Å². The van der Waals surface area contributed by atoms with E-state index >= 15 is 0 Å². The molecule has 0 atom stereocenters. The number of ketones is 2. The van der Waals surface area contributed by atoms with Gasteiger partial charge in [0.1, 0.15) is 11.6 Å². The van der Waals surface area contributed by atoms with Crippen molar-refractivity contribution in [3.63, 3.8) is 0 Å². The number of rotatable bonds is 0. The average molecular weight is 223 g/mol. The number of hydrogen-bond acceptors (Lipinski definition) is 3. The number of nitrogens with zero attached hydrogens (tertiary/aromatic N) is 1. The fraction of sp³-hybridized carbons (Fsp3) is 0.846. The SMILES string of the molecule is CC(C)(C)N1CCC2(CC1)CC(=O)CC2=O. The maximum absolute atomic E-state index is 11.9. The quantitative estimate of drug-likeness (QED) is 0.588. The van der Waals surface area contributed by atoms with Crippen molar-refractivity contribution >= 4 is 11.6 Å². The molecule has 1 saturated heterocycles. The second kappa shape index (κ2) is 3.66. The average Bonchev–Trinajstić information content (AvgIpc) is 2.41. The summed E-state index contributed by atoms with van der Waals surface area (Å²) in [6, 6.07) is 0. The van der Waals surface area contributed by atoms with Crippen LogP contribution in [0.1, 0.15) is 46.5 Å². The van der Waals surface area contributed by atoms with E-state index in [1.54, 1.807) is 0 Å². The molecule has 0 aromatic carbocycles. The van der Waals surface area contributed by atoms with Gasteiger partial charge in [-0.15, -0.1) is 0 Å². The highest BCUT2D eigenvalue weighted by atomic mass is 16.2. The van der Waals surface area contributed by atoms with Gasteiger partial charge < -0.3 is 0 Å². The number of piperidine rings is 1. The van der Waals surface area contributed by atoms with Crippen LogP contribution in [0.15, 0.2) is 0 Å². The molecule has 0 unspecified atom stereocenters. The van der Waals surface area contributed by atoms with E-state index in [9.17, 15) is 9.59 Å². The second-order valence-electron chi connectivity index (χ2n) is 6.25. The lowest BCUT2D eigenvalue weighted by Gasteiger charge is -2.44. The van der Waals surface area contributed by atoms with Crippen LogP contribution in [0.2, 0.25) is 0 Å². The lowest BCUT2D eigenvalue weighted by molar-refractivity contribution is -0.129. The summed E-state index contributed by atoms with van der Waals surface area (Å²) in [6.45, 7) is 8.50. The van der Waals surface area contributed by atoms with E-state index in [1.165, 1.54) is 0 Å². The standard InChI is InChI=1S/C13H21NO2/c1-12(2,3)14-6-4-13(5-7-14)9-10(15)8-11(13)16/h4-9H2,1-3H3. The third kappa shape index (κ3) is 1.93. The zero-order chi connectivity index (χ0) is 12.0. The maximum atomic E-state index is 11.9. The van der Waals surface area contributed by atoms with E-state index in [1.807, 2.05) is 0 Å². The topological polar surface area (TPSA) is 37.4 Å². The molecule has 0 aromatic rings. The molecule has 2 rings (SSSR count). The fourth-order valence-corrected chi connectivity index (χ4v) is 2.97. The molecule has 16 heavy (non-hydrogen) atoms. The molecule has 1 heterocycles. The third-order valence-electron chi connectivity index (χ3n) is 4.15. The Morgan fingerprint density at radius 2 is 1.69 bits per heavy atom. The van der Waals surface area contributed by atoms with Crippen molar-refractivity contribution < 1.29 is 9.59 Å². The van der Waals surface area contributed by atoms with Gasteiger partial charge in [-0.3, -0.25) is 14.5 Å². The number of carbonyl (C=O) groups excluding carboxylic acids is 2. The summed E-state index contributed by atoms with van der Waals surface area (Å²) in [7, 11) is 0. The van der Waals surface area contributed by atoms with E-state index in [4.69, 9.17) is 0 Å². The molecule has 1 saturated carbocycles. The Morgan fingerprint density at radius 3 is 2.06 bits per heavy atom. The van der Waals surface area contributed by atoms with Crippen LogP contribution in [0.25, 0.3) is 0 Å². The largest absolute Gasteiger partial charge is 0.299 e. The van der Waals surface area contributed by atoms with Crippen LogP contribution in [0.3, 0.4) is 0 Å². The Bertz CT molecular complexity index is 319. The van der Waals surface area contributed by atoms with Gasteiger partial charge in [0.25, 0.3) is 0 Å². The summed E-state index contributed by atoms with van der Waals surface area (Å²) >= 11 is 0. The molecule has 0 bridgehead atoms. The van der Waals surface area contributed by atoms with Gasteiger partial charge in [0, 0.05) is 17.4 Å². The Labute approximate surface area is 97.2 Å². The lowest BCUT2D eigenvalue weighted by Crippen LogP contribution is -2.50. The Kier molecular flexibility index (Phi) is 2.69. The van der Waals surface area contributed by atoms with Crippen LogP contribution >= 0.6 is 0 Å². The first-order valence-corrected chi connectivity index (χ1v) is 6.14. The molecule has 0 aromatic heterocycles. The number of Topliss-reactive ketones (excluding diaryl/α,β-unsaturated/α-hetero) is 2. The Hall–Kier alpha value is -0.700. The maximum Gasteiger partial charge on any atom is 0.146 e. The summed E-state index contributed by atoms with van der Waals surface area (Å²) in [5.41, 5.74) is -0.105. The molecule has 0 radical (unpaired) electrons. The Balaban J connectivity index is 2.05. The van der Waals surface area contributed by atoms with Gasteiger partial charge in [-0.1, -0.05) is 0 Å². The van der Waals surface area contributed by atoms with Crippen molar-refractivity contribution in [2.45, 2.75) is 52.0 Å². The summed E-state index contributed by atoms with van der Waals surface area (Å²) in [5.74, 6) is 0.347. The van der Waals surface area contributed by atoms with Crippen LogP contribution in [0.5, 0.6) is 0 Å². The van der Waals surface area contributed by atoms with E-state index in [0.717, 1.165) is 25.9 Å². The highest BCUT2D eigenvalue weighted by molar-refractivity contribution is 6.09. The first-order valence-electron chi connectivity index (χ1n) is 6.14. The predicted octanol–water partition coefficient (Wildman–Crippen LogP) is 1.80. The first-order chi connectivity index (χ1) is 7.33. The first kappa shape index (κ1) is 11.8. The smallest absolute Gasteiger partial charge is 0.146 e. The van der Waals surface area contributed by atoms with Gasteiger partial charge in [0.2, 0.25) is 0 Å². The van der Waals surface area contributed by atoms with Gasteiger partial charge in [-0.2, -0.15) is 0 Å². The van der Waals surface area contributed by atoms with Crippen molar-refractivity contribution in [2.75, 3.05) is 13.1 Å². The third-order valence-corrected chi connectivity index (χ3v) is 4.15. The summed E-state index contributed by atoms with van der Waals surface area (Å²) in [6.07, 6.45) is 2.43. The van der Waals surface area contributed by atoms with Crippen LogP contribution in [0.4, 0.5) is 0 Å². The summed E-state index contributed by atoms with van der Waals surface area (Å²) in [4.78, 5) is 25.7. The van der Waals surface area contributed by atoms with E-state index in [0.29, 0.717) is 6.42 Å². The normalized spacial score (nSPS) is 26.7. The summed E-state index contributed by atoms with van der Waals surface area (Å²) in [5, 5.41) is 0. The molecular formula is C13H21NO2. The van der Waals surface area contributed by atoms with Crippen molar-refractivity contribution in [3.8, 4) is 0 Å². The van der Waals surface area contributed by atoms with E-state index < -0.39 is 0 Å². The van der Waals surface area contributed by atoms with Crippen LogP contribution in [-0.2, 0) is 9.59 Å². The van der Waals surface area contributed by atoms with Crippen molar-refractivity contribution in [2.24, 2.45) is 5.41 Å². The molecule has 1 spiro atoms. The van der Waals surface area contributed by atoms with Crippen molar-refractivity contribution in [3.05, 3.63) is 0 Å². The zero-order valence-corrected chi connectivity index (χ0v) is 10.5. The monoisotopic (exact) mass is 223 g/mol. The van der Waals surface area contributed by atoms with Crippen molar-refractivity contribution in [1.82, 2.24) is 4.90 Å². The second-order valence-corrected chi connectivity index (χ2v) is 6.25. The molecule has 3 nitrogen and oxygen atoms in total. The molecule has 2 fully saturated rings. The number of hydrogen-bond donors (Lipinski definition) is 0. The zero-order valence-electron chi connectivity index (χ0n) is 10.5. The van der Waals surface area contributed by atoms with Crippen molar-refractivity contribution in [1.29, 1.82) is 0 Å². The fourth-order valence-electron chi connectivity index (χ4n) is 2.97. The highest BCUT2D eigenvalue weighted by Crippen LogP contribution is 2.43.